The molecule has 0 radical (unpaired) electrons. The number of piperazine rings is 1. The van der Waals surface area contributed by atoms with E-state index < -0.39 is 20.6 Å². The van der Waals surface area contributed by atoms with E-state index in [0.717, 1.165) is 16.7 Å². The third-order valence-corrected chi connectivity index (χ3v) is 6.85. The van der Waals surface area contributed by atoms with E-state index in [1.54, 1.807) is 0 Å². The molecule has 0 saturated carbocycles. The lowest BCUT2D eigenvalue weighted by Gasteiger charge is -2.30. The number of nitro benzene ring substituents is 1. The zero-order valence-electron chi connectivity index (χ0n) is 15.0. The van der Waals surface area contributed by atoms with Gasteiger partial charge in [0.1, 0.15) is 5.52 Å². The van der Waals surface area contributed by atoms with Gasteiger partial charge in [-0.3, -0.25) is 15.0 Å². The highest BCUT2D eigenvalue weighted by Crippen LogP contribution is 2.27. The molecule has 0 amide bonds. The number of aromatic amines is 1. The summed E-state index contributed by atoms with van der Waals surface area (Å²) in [5.74, 6) is 0.918. The predicted octanol–water partition coefficient (Wildman–Crippen LogP) is 2.07. The van der Waals surface area contributed by atoms with E-state index in [9.17, 15) is 18.5 Å². The number of hydrogen-bond donors (Lipinski definition) is 0. The molecule has 28 heavy (non-hydrogen) atoms. The second-order valence-electron chi connectivity index (χ2n) is 6.55. The number of fused-ring (bicyclic) bond motifs is 1. The number of sulfonamides is 1. The summed E-state index contributed by atoms with van der Waals surface area (Å²) in [6, 6.07) is 17.4. The molecule has 1 fully saturated rings. The molecule has 2 aromatic carbocycles. The highest BCUT2D eigenvalue weighted by Gasteiger charge is 2.35. The first-order chi connectivity index (χ1) is 13.5. The number of rotatable bonds is 4. The van der Waals surface area contributed by atoms with Crippen LogP contribution >= 0.6 is 0 Å². The number of para-hydroxylation sites is 2. The Kier molecular flexibility index (Phi) is 4.70. The summed E-state index contributed by atoms with van der Waals surface area (Å²) in [5, 5.41) is 12.3. The largest absolute Gasteiger partial charge is 0.289 e. The number of hydrogen-bond acceptors (Lipinski definition) is 5. The molecule has 1 aromatic heterocycles. The van der Waals surface area contributed by atoms with E-state index in [1.165, 1.54) is 28.6 Å². The Hall–Kier alpha value is -3.04. The van der Waals surface area contributed by atoms with Crippen molar-refractivity contribution in [2.45, 2.75) is 4.90 Å². The number of anilines is 1. The molecule has 0 atom stereocenters. The lowest BCUT2D eigenvalue weighted by Crippen LogP contribution is -2.50. The molecule has 3 aromatic rings. The first kappa shape index (κ1) is 18.3. The van der Waals surface area contributed by atoms with Crippen molar-refractivity contribution in [1.82, 2.24) is 4.31 Å². The minimum atomic E-state index is -3.92. The summed E-state index contributed by atoms with van der Waals surface area (Å²) in [6.07, 6.45) is 0. The van der Waals surface area contributed by atoms with Crippen LogP contribution < -0.4 is 9.88 Å². The lowest BCUT2D eigenvalue weighted by atomic mass is 10.2. The molecule has 1 aliphatic rings. The van der Waals surface area contributed by atoms with Gasteiger partial charge in [-0.15, -0.1) is 0 Å². The molecule has 1 saturated heterocycles. The molecule has 0 aliphatic carbocycles. The van der Waals surface area contributed by atoms with Crippen molar-refractivity contribution in [3.8, 4) is 0 Å². The van der Waals surface area contributed by atoms with Crippen LogP contribution in [0.4, 0.5) is 11.5 Å². The number of nitrogens with one attached hydrogen (secondary N) is 1. The van der Waals surface area contributed by atoms with Gasteiger partial charge in [0, 0.05) is 17.5 Å². The number of nitro groups is 1. The van der Waals surface area contributed by atoms with Crippen LogP contribution in [0, 0.1) is 10.1 Å². The van der Waals surface area contributed by atoms with Crippen molar-refractivity contribution in [3.63, 3.8) is 0 Å². The molecule has 4 rings (SSSR count). The van der Waals surface area contributed by atoms with Crippen LogP contribution in [0.15, 0.2) is 65.6 Å². The third-order valence-electron chi connectivity index (χ3n) is 4.90. The standard InChI is InChI=1S/C19H18N4O4S/c24-23(25)17-7-3-4-8-18(17)28(26,27)22-13-11-21(12-14-22)19-10-9-15-5-1-2-6-16(15)20-19/h1-10H,11-14H2/p+1. The van der Waals surface area contributed by atoms with Crippen molar-refractivity contribution in [2.24, 2.45) is 0 Å². The van der Waals surface area contributed by atoms with Gasteiger partial charge in [-0.05, 0) is 18.2 Å². The molecule has 0 bridgehead atoms. The predicted molar refractivity (Wildman–Crippen MR) is 105 cm³/mol. The van der Waals surface area contributed by atoms with Gasteiger partial charge in [0.05, 0.1) is 31.1 Å². The molecule has 8 nitrogen and oxygen atoms in total. The number of H-pyrrole nitrogens is 1. The van der Waals surface area contributed by atoms with Crippen LogP contribution in [-0.2, 0) is 10.0 Å². The second kappa shape index (κ2) is 7.17. The zero-order chi connectivity index (χ0) is 19.7. The van der Waals surface area contributed by atoms with Crippen molar-refractivity contribution < 1.29 is 18.3 Å². The number of benzene rings is 2. The fourth-order valence-corrected chi connectivity index (χ4v) is 5.00. The molecular weight excluding hydrogens is 380 g/mol. The van der Waals surface area contributed by atoms with Crippen LogP contribution in [0.3, 0.4) is 0 Å². The van der Waals surface area contributed by atoms with Gasteiger partial charge >= 0.3 is 0 Å². The van der Waals surface area contributed by atoms with Gasteiger partial charge in [0.15, 0.2) is 4.90 Å². The number of pyridine rings is 1. The van der Waals surface area contributed by atoms with Gasteiger partial charge in [-0.2, -0.15) is 4.31 Å². The van der Waals surface area contributed by atoms with Crippen molar-refractivity contribution >= 4 is 32.4 Å². The zero-order valence-corrected chi connectivity index (χ0v) is 15.8. The van der Waals surface area contributed by atoms with Crippen LogP contribution in [0.5, 0.6) is 0 Å². The molecule has 144 valence electrons. The van der Waals surface area contributed by atoms with Crippen LogP contribution in [0.2, 0.25) is 0 Å². The smallest absolute Gasteiger partial charge is 0.259 e. The van der Waals surface area contributed by atoms with Crippen LogP contribution in [0.25, 0.3) is 10.9 Å². The monoisotopic (exact) mass is 399 g/mol. The average molecular weight is 399 g/mol. The molecule has 0 spiro atoms. The Morgan fingerprint density at radius 2 is 1.57 bits per heavy atom. The highest BCUT2D eigenvalue weighted by molar-refractivity contribution is 7.89. The Labute approximate surface area is 162 Å². The summed E-state index contributed by atoms with van der Waals surface area (Å²) in [7, 11) is -3.92. The van der Waals surface area contributed by atoms with Gasteiger partial charge < -0.3 is 0 Å². The van der Waals surface area contributed by atoms with Crippen LogP contribution in [0.1, 0.15) is 0 Å². The summed E-state index contributed by atoms with van der Waals surface area (Å²) < 4.78 is 27.2. The first-order valence-corrected chi connectivity index (χ1v) is 10.3. The Bertz CT molecular complexity index is 1140. The summed E-state index contributed by atoms with van der Waals surface area (Å²) in [6.45, 7) is 1.51. The number of nitrogens with zero attached hydrogens (tertiary/aromatic N) is 3. The second-order valence-corrected chi connectivity index (χ2v) is 8.45. The fraction of sp³-hybridized carbons (Fsp3) is 0.211. The summed E-state index contributed by atoms with van der Waals surface area (Å²) in [5.41, 5.74) is 0.614. The van der Waals surface area contributed by atoms with E-state index in [0.29, 0.717) is 13.1 Å². The SMILES string of the molecule is O=[N+]([O-])c1ccccc1S(=O)(=O)N1CCN(c2ccc3ccccc3[nH+]2)CC1. The van der Waals surface area contributed by atoms with Gasteiger partial charge in [-0.1, -0.05) is 30.3 Å². The first-order valence-electron chi connectivity index (χ1n) is 8.86. The summed E-state index contributed by atoms with van der Waals surface area (Å²) >= 11 is 0. The summed E-state index contributed by atoms with van der Waals surface area (Å²) in [4.78, 5) is 15.7. The van der Waals surface area contributed by atoms with E-state index in [1.807, 2.05) is 36.4 Å². The normalized spacial score (nSPS) is 15.6. The highest BCUT2D eigenvalue weighted by atomic mass is 32.2. The Morgan fingerprint density at radius 3 is 2.32 bits per heavy atom. The molecule has 9 heteroatoms. The maximum atomic E-state index is 12.9. The third kappa shape index (κ3) is 3.30. The quantitative estimate of drug-likeness (QED) is 0.494. The van der Waals surface area contributed by atoms with Gasteiger partial charge in [0.2, 0.25) is 10.0 Å². The van der Waals surface area contributed by atoms with Gasteiger partial charge in [-0.25, -0.2) is 13.4 Å². The average Bonchev–Trinajstić information content (AvgIpc) is 2.73. The molecular formula is C19H19N4O4S+. The molecule has 1 N–H and O–H groups in total. The topological polar surface area (TPSA) is 97.9 Å². The van der Waals surface area contributed by atoms with E-state index in [-0.39, 0.29) is 18.0 Å². The fourth-order valence-electron chi connectivity index (χ4n) is 3.42. The maximum Gasteiger partial charge on any atom is 0.289 e. The Morgan fingerprint density at radius 1 is 0.893 bits per heavy atom. The molecule has 1 aliphatic heterocycles. The van der Waals surface area contributed by atoms with E-state index in [2.05, 4.69) is 9.88 Å². The van der Waals surface area contributed by atoms with Crippen molar-refractivity contribution in [1.29, 1.82) is 0 Å². The number of aromatic nitrogens is 1. The maximum absolute atomic E-state index is 12.9. The Balaban J connectivity index is 1.54. The van der Waals surface area contributed by atoms with E-state index >= 15 is 0 Å². The minimum Gasteiger partial charge on any atom is -0.259 e. The van der Waals surface area contributed by atoms with Crippen LogP contribution in [-0.4, -0.2) is 43.8 Å². The van der Waals surface area contributed by atoms with Crippen molar-refractivity contribution in [3.05, 3.63) is 70.8 Å². The molecule has 2 heterocycles. The van der Waals surface area contributed by atoms with Crippen molar-refractivity contribution in [2.75, 3.05) is 31.1 Å². The minimum absolute atomic E-state index is 0.259. The molecule has 0 unspecified atom stereocenters. The van der Waals surface area contributed by atoms with Gasteiger partial charge in [0.25, 0.3) is 11.5 Å². The van der Waals surface area contributed by atoms with E-state index in [4.69, 9.17) is 0 Å². The lowest BCUT2D eigenvalue weighted by molar-refractivity contribution is -0.387.